The number of benzene rings is 1. The molecule has 4 heteroatoms. The third kappa shape index (κ3) is 3.90. The molecule has 1 aromatic heterocycles. The zero-order valence-corrected chi connectivity index (χ0v) is 12.5. The first-order valence-corrected chi connectivity index (χ1v) is 7.57. The average Bonchev–Trinajstić information content (AvgIpc) is 2.83. The van der Waals surface area contributed by atoms with Gasteiger partial charge < -0.3 is 5.32 Å². The molecule has 0 saturated carbocycles. The van der Waals surface area contributed by atoms with Crippen molar-refractivity contribution in [2.45, 2.75) is 25.9 Å². The van der Waals surface area contributed by atoms with E-state index in [2.05, 4.69) is 45.0 Å². The lowest BCUT2D eigenvalue weighted by Gasteiger charge is -2.13. The minimum atomic E-state index is -0.209. The zero-order valence-electron chi connectivity index (χ0n) is 10.1. The Morgan fingerprint density at radius 2 is 2.17 bits per heavy atom. The van der Waals surface area contributed by atoms with Crippen LogP contribution in [-0.2, 0) is 13.0 Å². The van der Waals surface area contributed by atoms with Crippen LogP contribution in [0.25, 0.3) is 0 Å². The molecule has 0 saturated heterocycles. The van der Waals surface area contributed by atoms with Crippen LogP contribution in [0.2, 0.25) is 0 Å². The summed E-state index contributed by atoms with van der Waals surface area (Å²) >= 11 is 4.87. The number of nitrogens with one attached hydrogen (secondary N) is 1. The van der Waals surface area contributed by atoms with E-state index in [-0.39, 0.29) is 5.82 Å². The molecule has 2 rings (SSSR count). The number of rotatable bonds is 5. The lowest BCUT2D eigenvalue weighted by Crippen LogP contribution is -2.27. The van der Waals surface area contributed by atoms with Gasteiger partial charge in [0, 0.05) is 12.6 Å². The van der Waals surface area contributed by atoms with Gasteiger partial charge in [0.05, 0.1) is 4.47 Å². The monoisotopic (exact) mass is 327 g/mol. The van der Waals surface area contributed by atoms with E-state index in [1.165, 1.54) is 5.56 Å². The van der Waals surface area contributed by atoms with E-state index < -0.39 is 0 Å². The first kappa shape index (κ1) is 13.7. The average molecular weight is 328 g/mol. The van der Waals surface area contributed by atoms with Gasteiger partial charge in [0.25, 0.3) is 0 Å². The summed E-state index contributed by atoms with van der Waals surface area (Å²) in [7, 11) is 0. The van der Waals surface area contributed by atoms with Crippen molar-refractivity contribution in [1.29, 1.82) is 0 Å². The predicted octanol–water partition coefficient (Wildman–Crippen LogP) is 4.37. The third-order valence-corrected chi connectivity index (χ3v) is 4.14. The summed E-state index contributed by atoms with van der Waals surface area (Å²) in [6.07, 6.45) is 1.00. The van der Waals surface area contributed by atoms with Crippen LogP contribution in [0.15, 0.2) is 39.5 Å². The molecule has 0 aliphatic carbocycles. The zero-order chi connectivity index (χ0) is 13.0. The maximum absolute atomic E-state index is 13.3. The lowest BCUT2D eigenvalue weighted by molar-refractivity contribution is 0.542. The van der Waals surface area contributed by atoms with Crippen molar-refractivity contribution in [3.8, 4) is 0 Å². The summed E-state index contributed by atoms with van der Waals surface area (Å²) < 4.78 is 13.8. The Kier molecular flexibility index (Phi) is 4.92. The van der Waals surface area contributed by atoms with E-state index in [1.807, 2.05) is 6.07 Å². The summed E-state index contributed by atoms with van der Waals surface area (Å²) in [5.74, 6) is -0.209. The van der Waals surface area contributed by atoms with Crippen LogP contribution < -0.4 is 5.32 Å². The van der Waals surface area contributed by atoms with Gasteiger partial charge in [-0.3, -0.25) is 0 Å². The van der Waals surface area contributed by atoms with Gasteiger partial charge >= 0.3 is 0 Å². The molecule has 1 nitrogen and oxygen atoms in total. The maximum atomic E-state index is 13.3. The number of thiophene rings is 1. The van der Waals surface area contributed by atoms with Crippen LogP contribution in [0.1, 0.15) is 18.1 Å². The van der Waals surface area contributed by atoms with Gasteiger partial charge in [0.15, 0.2) is 0 Å². The highest BCUT2D eigenvalue weighted by atomic mass is 79.9. The normalized spacial score (nSPS) is 12.6. The van der Waals surface area contributed by atoms with Crippen molar-refractivity contribution in [2.75, 3.05) is 0 Å². The molecule has 1 N–H and O–H groups in total. The summed E-state index contributed by atoms with van der Waals surface area (Å²) in [5, 5.41) is 7.66. The Morgan fingerprint density at radius 1 is 1.33 bits per heavy atom. The Labute approximate surface area is 119 Å². The van der Waals surface area contributed by atoms with Crippen molar-refractivity contribution < 1.29 is 4.39 Å². The molecule has 1 aromatic carbocycles. The minimum Gasteiger partial charge on any atom is -0.310 e. The number of halogens is 2. The van der Waals surface area contributed by atoms with Crippen LogP contribution in [0.5, 0.6) is 0 Å². The first-order valence-electron chi connectivity index (χ1n) is 5.83. The molecule has 0 amide bonds. The molecule has 0 aliphatic heterocycles. The molecule has 0 fully saturated rings. The highest BCUT2D eigenvalue weighted by Crippen LogP contribution is 2.16. The van der Waals surface area contributed by atoms with Gasteiger partial charge in [-0.15, -0.1) is 0 Å². The second-order valence-corrected chi connectivity index (χ2v) is 6.00. The quantitative estimate of drug-likeness (QED) is 0.859. The van der Waals surface area contributed by atoms with Crippen molar-refractivity contribution in [3.63, 3.8) is 0 Å². The molecule has 0 aliphatic rings. The highest BCUT2D eigenvalue weighted by Gasteiger charge is 2.05. The molecule has 0 radical (unpaired) electrons. The Hall–Kier alpha value is -0.710. The van der Waals surface area contributed by atoms with E-state index in [0.717, 1.165) is 12.0 Å². The molecule has 0 spiro atoms. The van der Waals surface area contributed by atoms with Gasteiger partial charge in [-0.1, -0.05) is 6.07 Å². The highest BCUT2D eigenvalue weighted by molar-refractivity contribution is 9.10. The van der Waals surface area contributed by atoms with Gasteiger partial charge in [-0.25, -0.2) is 4.39 Å². The fraction of sp³-hybridized carbons (Fsp3) is 0.286. The Bertz CT molecular complexity index is 499. The second-order valence-electron chi connectivity index (χ2n) is 4.37. The van der Waals surface area contributed by atoms with Crippen LogP contribution >= 0.6 is 27.3 Å². The van der Waals surface area contributed by atoms with E-state index in [0.29, 0.717) is 17.1 Å². The SMILES string of the molecule is CC(Cc1ccsc1)NCc1ccc(Br)c(F)c1. The van der Waals surface area contributed by atoms with Gasteiger partial charge in [0.1, 0.15) is 5.82 Å². The largest absolute Gasteiger partial charge is 0.310 e. The molecule has 1 heterocycles. The smallest absolute Gasteiger partial charge is 0.137 e. The topological polar surface area (TPSA) is 12.0 Å². The molecular formula is C14H15BrFNS. The second kappa shape index (κ2) is 6.45. The number of hydrogen-bond acceptors (Lipinski definition) is 2. The summed E-state index contributed by atoms with van der Waals surface area (Å²) in [6, 6.07) is 7.76. The fourth-order valence-corrected chi connectivity index (χ4v) is 2.70. The van der Waals surface area contributed by atoms with E-state index >= 15 is 0 Å². The molecule has 1 atom stereocenters. The van der Waals surface area contributed by atoms with Crippen LogP contribution in [0.3, 0.4) is 0 Å². The standard InChI is InChI=1S/C14H15BrFNS/c1-10(6-12-4-5-18-9-12)17-8-11-2-3-13(15)14(16)7-11/h2-5,7,9-10,17H,6,8H2,1H3. The molecule has 2 aromatic rings. The lowest BCUT2D eigenvalue weighted by atomic mass is 10.1. The van der Waals surface area contributed by atoms with Crippen LogP contribution in [0.4, 0.5) is 4.39 Å². The molecular weight excluding hydrogens is 313 g/mol. The Morgan fingerprint density at radius 3 is 2.83 bits per heavy atom. The molecule has 96 valence electrons. The maximum Gasteiger partial charge on any atom is 0.137 e. The predicted molar refractivity (Wildman–Crippen MR) is 78.4 cm³/mol. The van der Waals surface area contributed by atoms with E-state index in [4.69, 9.17) is 0 Å². The van der Waals surface area contributed by atoms with Crippen molar-refractivity contribution in [2.24, 2.45) is 0 Å². The van der Waals surface area contributed by atoms with Crippen LogP contribution in [-0.4, -0.2) is 6.04 Å². The minimum absolute atomic E-state index is 0.209. The van der Waals surface area contributed by atoms with E-state index in [9.17, 15) is 4.39 Å². The van der Waals surface area contributed by atoms with E-state index in [1.54, 1.807) is 23.5 Å². The summed E-state index contributed by atoms with van der Waals surface area (Å²) in [6.45, 7) is 2.84. The fourth-order valence-electron chi connectivity index (χ4n) is 1.78. The summed E-state index contributed by atoms with van der Waals surface area (Å²) in [5.41, 5.74) is 2.31. The van der Waals surface area contributed by atoms with Gasteiger partial charge in [0.2, 0.25) is 0 Å². The molecule has 0 bridgehead atoms. The number of hydrogen-bond donors (Lipinski definition) is 1. The Balaban J connectivity index is 1.85. The third-order valence-electron chi connectivity index (χ3n) is 2.76. The first-order chi connectivity index (χ1) is 8.65. The molecule has 1 unspecified atom stereocenters. The molecule has 18 heavy (non-hydrogen) atoms. The van der Waals surface area contributed by atoms with Crippen molar-refractivity contribution in [3.05, 3.63) is 56.4 Å². The van der Waals surface area contributed by atoms with Crippen LogP contribution in [0, 0.1) is 5.82 Å². The summed E-state index contributed by atoms with van der Waals surface area (Å²) in [4.78, 5) is 0. The van der Waals surface area contributed by atoms with Crippen molar-refractivity contribution >= 4 is 27.3 Å². The van der Waals surface area contributed by atoms with Crippen molar-refractivity contribution in [1.82, 2.24) is 5.32 Å². The van der Waals surface area contributed by atoms with Gasteiger partial charge in [-0.05, 0) is 69.4 Å². The van der Waals surface area contributed by atoms with Gasteiger partial charge in [-0.2, -0.15) is 11.3 Å².